The molecule has 2 heterocycles. The lowest BCUT2D eigenvalue weighted by atomic mass is 10.1. The minimum absolute atomic E-state index is 0.169. The third-order valence-electron chi connectivity index (χ3n) is 4.38. The molecule has 0 fully saturated rings. The molecular weight excluding hydrogens is 395 g/mol. The number of fused-ring (bicyclic) bond motifs is 1. The second kappa shape index (κ2) is 7.51. The van der Waals surface area contributed by atoms with E-state index < -0.39 is 11.7 Å². The molecule has 1 amide bonds. The van der Waals surface area contributed by atoms with E-state index in [0.29, 0.717) is 22.8 Å². The Morgan fingerprint density at radius 3 is 2.50 bits per heavy atom. The topological polar surface area (TPSA) is 71.3 Å². The summed E-state index contributed by atoms with van der Waals surface area (Å²) in [7, 11) is 0. The zero-order valence-corrected chi connectivity index (χ0v) is 15.7. The van der Waals surface area contributed by atoms with Crippen LogP contribution in [-0.4, -0.2) is 20.3 Å². The van der Waals surface area contributed by atoms with Crippen molar-refractivity contribution in [3.63, 3.8) is 0 Å². The van der Waals surface area contributed by atoms with Crippen molar-refractivity contribution in [2.24, 2.45) is 0 Å². The van der Waals surface area contributed by atoms with E-state index in [1.54, 1.807) is 24.7 Å². The van der Waals surface area contributed by atoms with E-state index in [9.17, 15) is 18.0 Å². The van der Waals surface area contributed by atoms with Crippen molar-refractivity contribution in [3.8, 4) is 11.3 Å². The van der Waals surface area contributed by atoms with Gasteiger partial charge in [0.15, 0.2) is 11.5 Å². The third kappa shape index (κ3) is 3.95. The number of hydrogen-bond acceptors (Lipinski definition) is 4. The predicted octanol–water partition coefficient (Wildman–Crippen LogP) is 5.12. The van der Waals surface area contributed by atoms with Crippen molar-refractivity contribution in [2.75, 3.05) is 10.6 Å². The molecule has 2 aromatic carbocycles. The van der Waals surface area contributed by atoms with Crippen LogP contribution in [0.25, 0.3) is 16.9 Å². The van der Waals surface area contributed by atoms with E-state index in [2.05, 4.69) is 20.6 Å². The van der Waals surface area contributed by atoms with Crippen LogP contribution in [0.2, 0.25) is 0 Å². The number of hydrogen-bond donors (Lipinski definition) is 2. The van der Waals surface area contributed by atoms with Crippen LogP contribution in [0.15, 0.2) is 67.1 Å². The fraction of sp³-hybridized carbons (Fsp3) is 0.0952. The molecule has 0 spiro atoms. The van der Waals surface area contributed by atoms with Crippen LogP contribution in [0.5, 0.6) is 0 Å². The maximum Gasteiger partial charge on any atom is 0.416 e. The number of rotatable bonds is 4. The van der Waals surface area contributed by atoms with Gasteiger partial charge in [0.25, 0.3) is 0 Å². The Morgan fingerprint density at radius 1 is 1.03 bits per heavy atom. The molecule has 0 aliphatic carbocycles. The molecule has 0 saturated heterocycles. The molecule has 2 aromatic heterocycles. The minimum atomic E-state index is -4.39. The summed E-state index contributed by atoms with van der Waals surface area (Å²) < 4.78 is 40.1. The lowest BCUT2D eigenvalue weighted by Crippen LogP contribution is -2.05. The fourth-order valence-corrected chi connectivity index (χ4v) is 3.06. The Balaban J connectivity index is 1.66. The minimum Gasteiger partial charge on any atom is -0.337 e. The highest BCUT2D eigenvalue weighted by molar-refractivity contribution is 5.89. The first-order valence-electron chi connectivity index (χ1n) is 8.95. The first-order valence-corrected chi connectivity index (χ1v) is 8.95. The van der Waals surface area contributed by atoms with Gasteiger partial charge in [-0.25, -0.2) is 9.97 Å². The fourth-order valence-electron chi connectivity index (χ4n) is 3.06. The maximum absolute atomic E-state index is 12.7. The second-order valence-electron chi connectivity index (χ2n) is 6.57. The van der Waals surface area contributed by atoms with Crippen molar-refractivity contribution in [3.05, 3.63) is 72.7 Å². The molecule has 0 aliphatic rings. The smallest absolute Gasteiger partial charge is 0.337 e. The van der Waals surface area contributed by atoms with Gasteiger partial charge in [-0.05, 0) is 36.4 Å². The SMILES string of the molecule is CC(=O)Nc1cccc(-c2cnc3c(Nc4ccc(C(F)(F)F)cc4)nccn23)c1. The van der Waals surface area contributed by atoms with Gasteiger partial charge in [-0.1, -0.05) is 12.1 Å². The molecule has 0 unspecified atom stereocenters. The van der Waals surface area contributed by atoms with Gasteiger partial charge in [0.2, 0.25) is 5.91 Å². The molecule has 0 radical (unpaired) electrons. The van der Waals surface area contributed by atoms with Crippen LogP contribution >= 0.6 is 0 Å². The van der Waals surface area contributed by atoms with Gasteiger partial charge in [-0.15, -0.1) is 0 Å². The summed E-state index contributed by atoms with van der Waals surface area (Å²) >= 11 is 0. The first-order chi connectivity index (χ1) is 14.3. The van der Waals surface area contributed by atoms with Gasteiger partial charge in [-0.2, -0.15) is 13.2 Å². The molecule has 0 saturated carbocycles. The van der Waals surface area contributed by atoms with Crippen molar-refractivity contribution >= 4 is 28.7 Å². The molecule has 6 nitrogen and oxygen atoms in total. The van der Waals surface area contributed by atoms with E-state index in [1.165, 1.54) is 19.1 Å². The van der Waals surface area contributed by atoms with Gasteiger partial charge in [0.05, 0.1) is 17.5 Å². The molecule has 4 rings (SSSR count). The summed E-state index contributed by atoms with van der Waals surface area (Å²) in [5, 5.41) is 5.75. The van der Waals surface area contributed by atoms with Gasteiger partial charge in [0.1, 0.15) is 0 Å². The van der Waals surface area contributed by atoms with Gasteiger partial charge < -0.3 is 10.6 Å². The molecule has 4 aromatic rings. The molecule has 0 aliphatic heterocycles. The van der Waals surface area contributed by atoms with E-state index in [-0.39, 0.29) is 5.91 Å². The third-order valence-corrected chi connectivity index (χ3v) is 4.38. The number of aromatic nitrogens is 3. The number of benzene rings is 2. The Hall–Kier alpha value is -3.88. The number of carbonyl (C=O) groups is 1. The number of amides is 1. The number of imidazole rings is 1. The van der Waals surface area contributed by atoms with Gasteiger partial charge in [0, 0.05) is 36.3 Å². The van der Waals surface area contributed by atoms with E-state index in [0.717, 1.165) is 23.4 Å². The van der Waals surface area contributed by atoms with Crippen LogP contribution in [0.3, 0.4) is 0 Å². The number of nitrogens with zero attached hydrogens (tertiary/aromatic N) is 3. The zero-order chi connectivity index (χ0) is 21.3. The highest BCUT2D eigenvalue weighted by atomic mass is 19.4. The molecule has 0 atom stereocenters. The predicted molar refractivity (Wildman–Crippen MR) is 107 cm³/mol. The monoisotopic (exact) mass is 411 g/mol. The van der Waals surface area contributed by atoms with Crippen LogP contribution < -0.4 is 10.6 Å². The largest absolute Gasteiger partial charge is 0.416 e. The first kappa shape index (κ1) is 19.4. The second-order valence-corrected chi connectivity index (χ2v) is 6.57. The summed E-state index contributed by atoms with van der Waals surface area (Å²) in [5.74, 6) is 0.235. The van der Waals surface area contributed by atoms with E-state index in [1.807, 2.05) is 22.6 Å². The van der Waals surface area contributed by atoms with Gasteiger partial charge >= 0.3 is 6.18 Å². The molecule has 0 bridgehead atoms. The van der Waals surface area contributed by atoms with Crippen LogP contribution in [0.4, 0.5) is 30.4 Å². The lowest BCUT2D eigenvalue weighted by Gasteiger charge is -2.10. The Kier molecular flexibility index (Phi) is 4.86. The van der Waals surface area contributed by atoms with Crippen molar-refractivity contribution in [1.29, 1.82) is 0 Å². The highest BCUT2D eigenvalue weighted by Crippen LogP contribution is 2.31. The van der Waals surface area contributed by atoms with Gasteiger partial charge in [-0.3, -0.25) is 9.20 Å². The molecule has 9 heteroatoms. The summed E-state index contributed by atoms with van der Waals surface area (Å²) in [6.07, 6.45) is 0.589. The van der Waals surface area contributed by atoms with Crippen LogP contribution in [0.1, 0.15) is 12.5 Å². The highest BCUT2D eigenvalue weighted by Gasteiger charge is 2.30. The normalized spacial score (nSPS) is 11.5. The quantitative estimate of drug-likeness (QED) is 0.489. The molecule has 30 heavy (non-hydrogen) atoms. The zero-order valence-electron chi connectivity index (χ0n) is 15.7. The van der Waals surface area contributed by atoms with Crippen LogP contribution in [-0.2, 0) is 11.0 Å². The molecule has 2 N–H and O–H groups in total. The summed E-state index contributed by atoms with van der Waals surface area (Å²) in [5.41, 5.74) is 2.52. The number of carbonyl (C=O) groups excluding carboxylic acids is 1. The number of nitrogens with one attached hydrogen (secondary N) is 2. The maximum atomic E-state index is 12.7. The van der Waals surface area contributed by atoms with E-state index >= 15 is 0 Å². The van der Waals surface area contributed by atoms with Crippen molar-refractivity contribution in [1.82, 2.24) is 14.4 Å². The lowest BCUT2D eigenvalue weighted by molar-refractivity contribution is -0.137. The van der Waals surface area contributed by atoms with Crippen LogP contribution in [0, 0.1) is 0 Å². The Labute approximate surface area is 169 Å². The van der Waals surface area contributed by atoms with Crippen molar-refractivity contribution < 1.29 is 18.0 Å². The average Bonchev–Trinajstić information content (AvgIpc) is 3.13. The van der Waals surface area contributed by atoms with E-state index in [4.69, 9.17) is 0 Å². The molecular formula is C21H16F3N5O. The number of alkyl halides is 3. The summed E-state index contributed by atoms with van der Waals surface area (Å²) in [6, 6.07) is 12.0. The summed E-state index contributed by atoms with van der Waals surface area (Å²) in [4.78, 5) is 20.0. The standard InChI is InChI=1S/C21H16F3N5O/c1-13(30)27-17-4-2-3-14(11-17)18-12-26-20-19(25-9-10-29(18)20)28-16-7-5-15(6-8-16)21(22,23)24/h2-12H,1H3,(H,25,28)(H,27,30). The Morgan fingerprint density at radius 2 is 1.80 bits per heavy atom. The average molecular weight is 411 g/mol. The Bertz CT molecular complexity index is 1220. The number of anilines is 3. The number of halogens is 3. The van der Waals surface area contributed by atoms with Crippen molar-refractivity contribution in [2.45, 2.75) is 13.1 Å². The molecule has 152 valence electrons. The summed E-state index contributed by atoms with van der Waals surface area (Å²) in [6.45, 7) is 1.44.